The smallest absolute Gasteiger partial charge is 0.209 e. The van der Waals surface area contributed by atoms with Crippen LogP contribution in [0, 0.1) is 0 Å². The van der Waals surface area contributed by atoms with Gasteiger partial charge < -0.3 is 9.47 Å². The van der Waals surface area contributed by atoms with E-state index in [1.165, 1.54) is 0 Å². The number of halogens is 3. The van der Waals surface area contributed by atoms with Gasteiger partial charge in [-0.1, -0.05) is 58.5 Å². The first-order chi connectivity index (χ1) is 9.15. The SMILES string of the molecule is CCCC1OC(CBr)OC=C1c1ccc(Cl)cc1Cl. The zero-order valence-electron chi connectivity index (χ0n) is 10.5. The lowest BCUT2D eigenvalue weighted by Gasteiger charge is -2.30. The lowest BCUT2D eigenvalue weighted by molar-refractivity contribution is -0.124. The average Bonchev–Trinajstić information content (AvgIpc) is 2.40. The maximum Gasteiger partial charge on any atom is 0.209 e. The Hall–Kier alpha value is -0.220. The summed E-state index contributed by atoms with van der Waals surface area (Å²) in [5.41, 5.74) is 1.89. The average molecular weight is 366 g/mol. The van der Waals surface area contributed by atoms with Crippen molar-refractivity contribution < 1.29 is 9.47 Å². The van der Waals surface area contributed by atoms with Gasteiger partial charge in [0.15, 0.2) is 0 Å². The van der Waals surface area contributed by atoms with Crippen LogP contribution in [0.1, 0.15) is 25.3 Å². The van der Waals surface area contributed by atoms with Crippen molar-refractivity contribution >= 4 is 44.7 Å². The van der Waals surface area contributed by atoms with Crippen LogP contribution in [0.4, 0.5) is 0 Å². The monoisotopic (exact) mass is 364 g/mol. The number of rotatable bonds is 4. The van der Waals surface area contributed by atoms with Crippen LogP contribution in [0.5, 0.6) is 0 Å². The number of ether oxygens (including phenoxy) is 2. The maximum absolute atomic E-state index is 6.25. The van der Waals surface area contributed by atoms with Gasteiger partial charge in [0.1, 0.15) is 0 Å². The van der Waals surface area contributed by atoms with E-state index in [0.29, 0.717) is 15.4 Å². The van der Waals surface area contributed by atoms with E-state index in [2.05, 4.69) is 22.9 Å². The van der Waals surface area contributed by atoms with E-state index < -0.39 is 0 Å². The molecule has 104 valence electrons. The highest BCUT2D eigenvalue weighted by molar-refractivity contribution is 9.09. The molecule has 0 N–H and O–H groups in total. The molecule has 0 aliphatic carbocycles. The summed E-state index contributed by atoms with van der Waals surface area (Å²) in [5.74, 6) is 0. The third-order valence-electron chi connectivity index (χ3n) is 2.93. The second kappa shape index (κ2) is 6.98. The van der Waals surface area contributed by atoms with Gasteiger partial charge in [-0.15, -0.1) is 0 Å². The van der Waals surface area contributed by atoms with E-state index >= 15 is 0 Å². The van der Waals surface area contributed by atoms with Gasteiger partial charge in [-0.2, -0.15) is 0 Å². The number of hydrogen-bond donors (Lipinski definition) is 0. The third-order valence-corrected chi connectivity index (χ3v) is 4.01. The molecule has 1 aromatic rings. The van der Waals surface area contributed by atoms with E-state index in [-0.39, 0.29) is 12.4 Å². The molecule has 2 unspecified atom stereocenters. The molecule has 1 heterocycles. The highest BCUT2D eigenvalue weighted by atomic mass is 79.9. The highest BCUT2D eigenvalue weighted by Crippen LogP contribution is 2.34. The van der Waals surface area contributed by atoms with Crippen LogP contribution in [-0.4, -0.2) is 17.7 Å². The van der Waals surface area contributed by atoms with Gasteiger partial charge in [0.25, 0.3) is 0 Å². The lowest BCUT2D eigenvalue weighted by Crippen LogP contribution is -2.30. The molecule has 0 fully saturated rings. The summed E-state index contributed by atoms with van der Waals surface area (Å²) in [6, 6.07) is 5.46. The number of hydrogen-bond acceptors (Lipinski definition) is 2. The molecule has 2 atom stereocenters. The molecule has 0 aromatic heterocycles. The molecule has 19 heavy (non-hydrogen) atoms. The van der Waals surface area contributed by atoms with Crippen LogP contribution in [0.15, 0.2) is 24.5 Å². The fourth-order valence-electron chi connectivity index (χ4n) is 2.03. The Morgan fingerprint density at radius 3 is 2.74 bits per heavy atom. The van der Waals surface area contributed by atoms with Crippen LogP contribution in [0.3, 0.4) is 0 Å². The first-order valence-electron chi connectivity index (χ1n) is 6.18. The molecule has 1 aliphatic heterocycles. The van der Waals surface area contributed by atoms with Crippen LogP contribution in [0.25, 0.3) is 5.57 Å². The third kappa shape index (κ3) is 3.66. The maximum atomic E-state index is 6.25. The summed E-state index contributed by atoms with van der Waals surface area (Å²) in [7, 11) is 0. The predicted molar refractivity (Wildman–Crippen MR) is 82.9 cm³/mol. The Kier molecular flexibility index (Phi) is 5.58. The lowest BCUT2D eigenvalue weighted by atomic mass is 9.98. The van der Waals surface area contributed by atoms with Crippen LogP contribution in [0.2, 0.25) is 10.0 Å². The molecular weight excluding hydrogens is 351 g/mol. The van der Waals surface area contributed by atoms with Crippen molar-refractivity contribution in [3.05, 3.63) is 40.1 Å². The molecule has 1 aromatic carbocycles. The molecule has 1 aliphatic rings. The first kappa shape index (κ1) is 15.2. The van der Waals surface area contributed by atoms with Crippen molar-refractivity contribution in [3.63, 3.8) is 0 Å². The van der Waals surface area contributed by atoms with Gasteiger partial charge in [0.05, 0.1) is 17.7 Å². The Morgan fingerprint density at radius 1 is 1.32 bits per heavy atom. The van der Waals surface area contributed by atoms with E-state index in [9.17, 15) is 0 Å². The topological polar surface area (TPSA) is 18.5 Å². The zero-order chi connectivity index (χ0) is 13.8. The van der Waals surface area contributed by atoms with Crippen LogP contribution < -0.4 is 0 Å². The van der Waals surface area contributed by atoms with E-state index in [1.54, 1.807) is 12.3 Å². The zero-order valence-corrected chi connectivity index (χ0v) is 13.6. The Morgan fingerprint density at radius 2 is 2.11 bits per heavy atom. The minimum Gasteiger partial charge on any atom is -0.471 e. The molecule has 0 saturated heterocycles. The summed E-state index contributed by atoms with van der Waals surface area (Å²) in [5, 5.41) is 1.88. The normalized spacial score (nSPS) is 22.8. The van der Waals surface area contributed by atoms with Gasteiger partial charge >= 0.3 is 0 Å². The van der Waals surface area contributed by atoms with Crippen LogP contribution >= 0.6 is 39.1 Å². The number of benzene rings is 1. The summed E-state index contributed by atoms with van der Waals surface area (Å²) < 4.78 is 11.4. The predicted octanol–water partition coefficient (Wildman–Crippen LogP) is 5.27. The Labute approximate surface area is 131 Å². The minimum absolute atomic E-state index is 0.0000227. The molecule has 2 nitrogen and oxygen atoms in total. The van der Waals surface area contributed by atoms with Gasteiger partial charge in [0, 0.05) is 21.2 Å². The molecule has 0 radical (unpaired) electrons. The quantitative estimate of drug-likeness (QED) is 0.676. The summed E-state index contributed by atoms with van der Waals surface area (Å²) >= 11 is 15.5. The van der Waals surface area contributed by atoms with Gasteiger partial charge in [0.2, 0.25) is 6.29 Å². The van der Waals surface area contributed by atoms with Crippen molar-refractivity contribution in [1.29, 1.82) is 0 Å². The van der Waals surface area contributed by atoms with E-state index in [1.807, 2.05) is 12.1 Å². The van der Waals surface area contributed by atoms with Crippen molar-refractivity contribution in [2.45, 2.75) is 32.2 Å². The minimum atomic E-state index is -0.244. The fraction of sp³-hybridized carbons (Fsp3) is 0.429. The molecular formula is C14H15BrCl2O2. The summed E-state index contributed by atoms with van der Waals surface area (Å²) in [6.07, 6.45) is 3.47. The molecule has 0 bridgehead atoms. The Balaban J connectivity index is 2.32. The first-order valence-corrected chi connectivity index (χ1v) is 8.05. The van der Waals surface area contributed by atoms with Crippen molar-refractivity contribution in [2.24, 2.45) is 0 Å². The highest BCUT2D eigenvalue weighted by Gasteiger charge is 2.27. The van der Waals surface area contributed by atoms with Gasteiger partial charge in [-0.3, -0.25) is 0 Å². The molecule has 2 rings (SSSR count). The van der Waals surface area contributed by atoms with Crippen molar-refractivity contribution in [1.82, 2.24) is 0 Å². The molecule has 0 amide bonds. The fourth-order valence-corrected chi connectivity index (χ4v) is 2.86. The Bertz CT molecular complexity index is 477. The second-order valence-corrected chi connectivity index (χ2v) is 5.82. The summed E-state index contributed by atoms with van der Waals surface area (Å²) in [6.45, 7) is 2.13. The van der Waals surface area contributed by atoms with Crippen molar-refractivity contribution in [2.75, 3.05) is 5.33 Å². The molecule has 0 saturated carbocycles. The van der Waals surface area contributed by atoms with Crippen LogP contribution in [-0.2, 0) is 9.47 Å². The standard InChI is InChI=1S/C14H15BrCl2O2/c1-2-3-13-11(8-18-14(7-15)19-13)10-5-4-9(16)6-12(10)17/h4-6,8,13-14H,2-3,7H2,1H3. The largest absolute Gasteiger partial charge is 0.471 e. The second-order valence-electron chi connectivity index (χ2n) is 4.33. The van der Waals surface area contributed by atoms with Gasteiger partial charge in [-0.05, 0) is 18.6 Å². The van der Waals surface area contributed by atoms with E-state index in [4.69, 9.17) is 32.7 Å². The van der Waals surface area contributed by atoms with E-state index in [0.717, 1.165) is 24.0 Å². The molecule has 0 spiro atoms. The van der Waals surface area contributed by atoms with Gasteiger partial charge in [-0.25, -0.2) is 0 Å². The van der Waals surface area contributed by atoms with Crippen molar-refractivity contribution in [3.8, 4) is 0 Å². The summed E-state index contributed by atoms with van der Waals surface area (Å²) in [4.78, 5) is 0. The molecule has 5 heteroatoms. The number of alkyl halides is 1.